The second kappa shape index (κ2) is 5.28. The van der Waals surface area contributed by atoms with Gasteiger partial charge in [-0.1, -0.05) is 5.92 Å². The summed E-state index contributed by atoms with van der Waals surface area (Å²) in [4.78, 5) is 14.7. The van der Waals surface area contributed by atoms with E-state index in [2.05, 4.69) is 16.2 Å². The number of ether oxygens (including phenoxy) is 1. The fraction of sp³-hybridized carbons (Fsp3) is 0.214. The van der Waals surface area contributed by atoms with Gasteiger partial charge in [0.25, 0.3) is 5.91 Å². The topological polar surface area (TPSA) is 54.1 Å². The highest BCUT2D eigenvalue weighted by atomic mass is 16.5. The number of amides is 1. The molecular formula is C14H14N2O2. The smallest absolute Gasteiger partial charge is 0.261 e. The highest BCUT2D eigenvalue weighted by Gasteiger charge is 2.13. The van der Waals surface area contributed by atoms with Crippen LogP contribution in [0, 0.1) is 12.3 Å². The Morgan fingerprint density at radius 3 is 3.17 bits per heavy atom. The first-order chi connectivity index (χ1) is 8.70. The normalized spacial score (nSPS) is 11.8. The maximum atomic E-state index is 11.6. The van der Waals surface area contributed by atoms with Gasteiger partial charge in [-0.05, 0) is 31.2 Å². The second-order valence-corrected chi connectivity index (χ2v) is 3.91. The monoisotopic (exact) mass is 242 g/mol. The average molecular weight is 242 g/mol. The molecule has 18 heavy (non-hydrogen) atoms. The van der Waals surface area contributed by atoms with Crippen LogP contribution in [0.1, 0.15) is 6.92 Å². The summed E-state index contributed by atoms with van der Waals surface area (Å²) in [6, 6.07) is 7.57. The molecule has 1 amide bonds. The molecule has 0 radical (unpaired) electrons. The number of rotatable bonds is 4. The van der Waals surface area contributed by atoms with Gasteiger partial charge in [-0.3, -0.25) is 4.79 Å². The number of carbonyl (C=O) groups is 1. The Bertz CT molecular complexity index is 595. The van der Waals surface area contributed by atoms with Crippen LogP contribution in [0.3, 0.4) is 0 Å². The zero-order valence-corrected chi connectivity index (χ0v) is 10.1. The molecule has 92 valence electrons. The standard InChI is InChI=1S/C14H14N2O2/c1-3-7-16-14(17)10(2)18-12-4-5-13-11(9-12)6-8-15-13/h1,4-6,8-10,15H,7H2,2H3,(H,16,17). The van der Waals surface area contributed by atoms with Gasteiger partial charge < -0.3 is 15.0 Å². The Hall–Kier alpha value is -2.41. The third-order valence-electron chi connectivity index (χ3n) is 2.57. The Kier molecular flexibility index (Phi) is 3.54. The van der Waals surface area contributed by atoms with Crippen molar-refractivity contribution in [2.24, 2.45) is 0 Å². The lowest BCUT2D eigenvalue weighted by molar-refractivity contribution is -0.126. The molecule has 0 aliphatic carbocycles. The fourth-order valence-electron chi connectivity index (χ4n) is 1.64. The summed E-state index contributed by atoms with van der Waals surface area (Å²) in [7, 11) is 0. The molecule has 4 nitrogen and oxygen atoms in total. The van der Waals surface area contributed by atoms with Gasteiger partial charge in [-0.15, -0.1) is 6.42 Å². The van der Waals surface area contributed by atoms with E-state index in [1.165, 1.54) is 0 Å². The molecule has 0 bridgehead atoms. The van der Waals surface area contributed by atoms with E-state index < -0.39 is 6.10 Å². The van der Waals surface area contributed by atoms with E-state index in [1.54, 1.807) is 6.92 Å². The van der Waals surface area contributed by atoms with Gasteiger partial charge in [0.1, 0.15) is 5.75 Å². The molecule has 2 N–H and O–H groups in total. The molecule has 1 atom stereocenters. The van der Waals surface area contributed by atoms with Crippen LogP contribution >= 0.6 is 0 Å². The number of hydrogen-bond donors (Lipinski definition) is 2. The van der Waals surface area contributed by atoms with Gasteiger partial charge in [0, 0.05) is 17.1 Å². The van der Waals surface area contributed by atoms with Crippen molar-refractivity contribution >= 4 is 16.8 Å². The molecule has 0 aliphatic rings. The highest BCUT2D eigenvalue weighted by Crippen LogP contribution is 2.20. The van der Waals surface area contributed by atoms with Gasteiger partial charge in [-0.2, -0.15) is 0 Å². The Labute approximate surface area is 105 Å². The van der Waals surface area contributed by atoms with E-state index in [4.69, 9.17) is 11.2 Å². The van der Waals surface area contributed by atoms with E-state index in [9.17, 15) is 4.79 Å². The zero-order valence-electron chi connectivity index (χ0n) is 10.1. The SMILES string of the molecule is C#CCNC(=O)C(C)Oc1ccc2[nH]ccc2c1. The van der Waals surface area contributed by atoms with Crippen LogP contribution in [-0.4, -0.2) is 23.5 Å². The summed E-state index contributed by atoms with van der Waals surface area (Å²) in [5.74, 6) is 2.78. The van der Waals surface area contributed by atoms with Gasteiger partial charge >= 0.3 is 0 Å². The number of H-pyrrole nitrogens is 1. The number of aromatic nitrogens is 1. The van der Waals surface area contributed by atoms with Gasteiger partial charge in [0.05, 0.1) is 6.54 Å². The van der Waals surface area contributed by atoms with Crippen LogP contribution in [0.2, 0.25) is 0 Å². The lowest BCUT2D eigenvalue weighted by atomic mass is 10.2. The van der Waals surface area contributed by atoms with E-state index in [1.807, 2.05) is 30.5 Å². The van der Waals surface area contributed by atoms with Crippen LogP contribution < -0.4 is 10.1 Å². The minimum atomic E-state index is -0.574. The number of benzene rings is 1. The highest BCUT2D eigenvalue weighted by molar-refractivity contribution is 5.82. The number of aromatic amines is 1. The molecule has 0 spiro atoms. The maximum Gasteiger partial charge on any atom is 0.261 e. The number of nitrogens with one attached hydrogen (secondary N) is 2. The van der Waals surface area contributed by atoms with Crippen LogP contribution in [0.5, 0.6) is 5.75 Å². The van der Waals surface area contributed by atoms with E-state index in [0.29, 0.717) is 5.75 Å². The van der Waals surface area contributed by atoms with Gasteiger partial charge in [0.15, 0.2) is 6.10 Å². The van der Waals surface area contributed by atoms with Crippen molar-refractivity contribution in [2.75, 3.05) is 6.54 Å². The third kappa shape index (κ3) is 2.64. The van der Waals surface area contributed by atoms with Crippen LogP contribution in [0.25, 0.3) is 10.9 Å². The van der Waals surface area contributed by atoms with Crippen molar-refractivity contribution in [1.29, 1.82) is 0 Å². The first-order valence-corrected chi connectivity index (χ1v) is 5.65. The molecule has 1 aromatic carbocycles. The van der Waals surface area contributed by atoms with Crippen LogP contribution in [-0.2, 0) is 4.79 Å². The minimum absolute atomic E-state index is 0.212. The molecule has 0 aliphatic heterocycles. The Morgan fingerprint density at radius 2 is 2.39 bits per heavy atom. The summed E-state index contributed by atoms with van der Waals surface area (Å²) in [6.45, 7) is 1.90. The summed E-state index contributed by atoms with van der Waals surface area (Å²) < 4.78 is 5.56. The summed E-state index contributed by atoms with van der Waals surface area (Å²) in [5.41, 5.74) is 1.03. The largest absolute Gasteiger partial charge is 0.481 e. The van der Waals surface area contributed by atoms with Crippen molar-refractivity contribution in [3.63, 3.8) is 0 Å². The maximum absolute atomic E-state index is 11.6. The van der Waals surface area contributed by atoms with Crippen molar-refractivity contribution in [1.82, 2.24) is 10.3 Å². The van der Waals surface area contributed by atoms with E-state index in [0.717, 1.165) is 10.9 Å². The molecule has 0 saturated heterocycles. The molecule has 2 aromatic rings. The summed E-state index contributed by atoms with van der Waals surface area (Å²) >= 11 is 0. The number of carbonyl (C=O) groups excluding carboxylic acids is 1. The number of hydrogen-bond acceptors (Lipinski definition) is 2. The van der Waals surface area contributed by atoms with Crippen molar-refractivity contribution < 1.29 is 9.53 Å². The Balaban J connectivity index is 2.04. The zero-order chi connectivity index (χ0) is 13.0. The second-order valence-electron chi connectivity index (χ2n) is 3.91. The van der Waals surface area contributed by atoms with Crippen LogP contribution in [0.15, 0.2) is 30.5 Å². The van der Waals surface area contributed by atoms with Crippen molar-refractivity contribution in [3.8, 4) is 18.1 Å². The van der Waals surface area contributed by atoms with E-state index in [-0.39, 0.29) is 12.5 Å². The van der Waals surface area contributed by atoms with E-state index >= 15 is 0 Å². The summed E-state index contributed by atoms with van der Waals surface area (Å²) in [5, 5.41) is 3.62. The number of fused-ring (bicyclic) bond motifs is 1. The predicted molar refractivity (Wildman–Crippen MR) is 70.2 cm³/mol. The van der Waals surface area contributed by atoms with Crippen molar-refractivity contribution in [2.45, 2.75) is 13.0 Å². The predicted octanol–water partition coefficient (Wildman–Crippen LogP) is 1.68. The van der Waals surface area contributed by atoms with Gasteiger partial charge in [0.2, 0.25) is 0 Å². The quantitative estimate of drug-likeness (QED) is 0.801. The average Bonchev–Trinajstić information content (AvgIpc) is 2.83. The lowest BCUT2D eigenvalue weighted by Crippen LogP contribution is -2.36. The fourth-order valence-corrected chi connectivity index (χ4v) is 1.64. The van der Waals surface area contributed by atoms with Crippen LogP contribution in [0.4, 0.5) is 0 Å². The minimum Gasteiger partial charge on any atom is -0.481 e. The first-order valence-electron chi connectivity index (χ1n) is 5.65. The Morgan fingerprint density at radius 1 is 1.56 bits per heavy atom. The molecular weight excluding hydrogens is 228 g/mol. The molecule has 1 heterocycles. The molecule has 1 unspecified atom stereocenters. The van der Waals surface area contributed by atoms with Crippen molar-refractivity contribution in [3.05, 3.63) is 30.5 Å². The molecule has 1 aromatic heterocycles. The first kappa shape index (κ1) is 12.1. The number of terminal acetylenes is 1. The molecule has 0 saturated carbocycles. The molecule has 2 rings (SSSR count). The third-order valence-corrected chi connectivity index (χ3v) is 2.57. The van der Waals surface area contributed by atoms with Gasteiger partial charge in [-0.25, -0.2) is 0 Å². The molecule has 4 heteroatoms. The summed E-state index contributed by atoms with van der Waals surface area (Å²) in [6.07, 6.45) is 6.36. The lowest BCUT2D eigenvalue weighted by Gasteiger charge is -2.13. The molecule has 0 fully saturated rings.